The van der Waals surface area contributed by atoms with Crippen molar-refractivity contribution in [2.24, 2.45) is 0 Å². The van der Waals surface area contributed by atoms with E-state index in [4.69, 9.17) is 21.4 Å². The van der Waals surface area contributed by atoms with E-state index in [1.807, 2.05) is 0 Å². The molecule has 0 saturated heterocycles. The van der Waals surface area contributed by atoms with Crippen molar-refractivity contribution in [1.29, 1.82) is 0 Å². The molecule has 0 fully saturated rings. The number of carboxylic acid groups (broad SMARTS) is 1. The lowest BCUT2D eigenvalue weighted by molar-refractivity contribution is 0.0696. The van der Waals surface area contributed by atoms with Gasteiger partial charge in [0, 0.05) is 11.2 Å². The summed E-state index contributed by atoms with van der Waals surface area (Å²) in [5.41, 5.74) is -0.272. The fraction of sp³-hybridized carbons (Fsp3) is 0.143. The van der Waals surface area contributed by atoms with E-state index in [1.54, 1.807) is 0 Å². The van der Waals surface area contributed by atoms with Crippen LogP contribution in [0.4, 0.5) is 10.1 Å². The molecule has 0 aliphatic carbocycles. The van der Waals surface area contributed by atoms with Gasteiger partial charge >= 0.3 is 5.97 Å². The van der Waals surface area contributed by atoms with Gasteiger partial charge in [0.25, 0.3) is 10.0 Å². The second-order valence-corrected chi connectivity index (χ2v) is 7.12. The highest BCUT2D eigenvalue weighted by atomic mass is 35.5. The molecular formula is C14H10ClFN2O5S. The Bertz CT molecular complexity index is 935. The Kier molecular flexibility index (Phi) is 4.06. The minimum atomic E-state index is -4.28. The molecule has 1 aliphatic heterocycles. The molecule has 1 aromatic carbocycles. The highest BCUT2D eigenvalue weighted by molar-refractivity contribution is 7.92. The number of sulfonamides is 1. The minimum Gasteiger partial charge on any atom is -0.478 e. The van der Waals surface area contributed by atoms with E-state index in [9.17, 15) is 17.6 Å². The number of hydrogen-bond donors (Lipinski definition) is 1. The lowest BCUT2D eigenvalue weighted by atomic mass is 10.2. The third kappa shape index (κ3) is 2.76. The fourth-order valence-electron chi connectivity index (χ4n) is 2.25. The van der Waals surface area contributed by atoms with Crippen LogP contribution < -0.4 is 9.04 Å². The van der Waals surface area contributed by atoms with Gasteiger partial charge < -0.3 is 9.84 Å². The van der Waals surface area contributed by atoms with E-state index >= 15 is 0 Å². The summed E-state index contributed by atoms with van der Waals surface area (Å²) in [4.78, 5) is 14.3. The average molecular weight is 373 g/mol. The summed E-state index contributed by atoms with van der Waals surface area (Å²) in [5.74, 6) is -2.31. The monoisotopic (exact) mass is 372 g/mol. The van der Waals surface area contributed by atoms with Gasteiger partial charge in [-0.1, -0.05) is 11.6 Å². The number of anilines is 1. The molecule has 0 saturated carbocycles. The average Bonchev–Trinajstić information content (AvgIpc) is 2.53. The van der Waals surface area contributed by atoms with Crippen LogP contribution in [-0.2, 0) is 10.0 Å². The number of carbonyl (C=O) groups is 1. The van der Waals surface area contributed by atoms with Crippen LogP contribution in [0.5, 0.6) is 5.88 Å². The number of carboxylic acids is 1. The second-order valence-electron chi connectivity index (χ2n) is 4.85. The largest absolute Gasteiger partial charge is 0.478 e. The number of aromatic carboxylic acids is 1. The topological polar surface area (TPSA) is 96.8 Å². The molecule has 7 nitrogen and oxygen atoms in total. The number of halogens is 2. The van der Waals surface area contributed by atoms with Crippen LogP contribution in [0.3, 0.4) is 0 Å². The fourth-order valence-corrected chi connectivity index (χ4v) is 3.89. The number of aromatic nitrogens is 1. The molecule has 3 rings (SSSR count). The molecule has 10 heteroatoms. The van der Waals surface area contributed by atoms with Crippen LogP contribution in [0, 0.1) is 5.82 Å². The SMILES string of the molecule is O=C(O)c1cnc2c(c1)N(S(=O)(=O)c1ccc(Cl)cc1F)CCO2. The van der Waals surface area contributed by atoms with Crippen LogP contribution in [0.2, 0.25) is 5.02 Å². The first-order chi connectivity index (χ1) is 11.3. The molecule has 0 amide bonds. The standard InChI is InChI=1S/C14H10ClFN2O5S/c15-9-1-2-12(10(16)6-9)24(21,22)18-3-4-23-13-11(18)5-8(7-17-13)14(19)20/h1-2,5-7H,3-4H2,(H,19,20). The minimum absolute atomic E-state index is 0.000850. The molecule has 2 heterocycles. The first kappa shape index (κ1) is 16.5. The first-order valence-corrected chi connectivity index (χ1v) is 8.46. The first-order valence-electron chi connectivity index (χ1n) is 6.64. The van der Waals surface area contributed by atoms with Crippen LogP contribution in [0.1, 0.15) is 10.4 Å². The maximum Gasteiger partial charge on any atom is 0.337 e. The van der Waals surface area contributed by atoms with E-state index in [0.717, 1.165) is 28.7 Å². The highest BCUT2D eigenvalue weighted by Gasteiger charge is 2.33. The summed E-state index contributed by atoms with van der Waals surface area (Å²) >= 11 is 5.65. The van der Waals surface area contributed by atoms with Gasteiger partial charge in [-0.25, -0.2) is 22.6 Å². The van der Waals surface area contributed by atoms with Crippen molar-refractivity contribution in [2.75, 3.05) is 17.5 Å². The second kappa shape index (κ2) is 5.91. The summed E-state index contributed by atoms with van der Waals surface area (Å²) in [7, 11) is -4.28. The predicted molar refractivity (Wildman–Crippen MR) is 82.6 cm³/mol. The smallest absolute Gasteiger partial charge is 0.337 e. The van der Waals surface area contributed by atoms with E-state index in [-0.39, 0.29) is 35.3 Å². The lowest BCUT2D eigenvalue weighted by Crippen LogP contribution is -2.38. The molecule has 126 valence electrons. The molecule has 2 aromatic rings. The molecule has 0 radical (unpaired) electrons. The van der Waals surface area contributed by atoms with Crippen LogP contribution >= 0.6 is 11.6 Å². The van der Waals surface area contributed by atoms with Crippen LogP contribution in [-0.4, -0.2) is 37.6 Å². The Balaban J connectivity index is 2.14. The van der Waals surface area contributed by atoms with Crippen molar-refractivity contribution < 1.29 is 27.4 Å². The zero-order valence-corrected chi connectivity index (χ0v) is 13.5. The molecule has 0 spiro atoms. The number of fused-ring (bicyclic) bond motifs is 1. The van der Waals surface area contributed by atoms with Crippen molar-refractivity contribution in [2.45, 2.75) is 4.90 Å². The van der Waals surface area contributed by atoms with E-state index in [0.29, 0.717) is 0 Å². The van der Waals surface area contributed by atoms with Crippen molar-refractivity contribution in [3.63, 3.8) is 0 Å². The summed E-state index contributed by atoms with van der Waals surface area (Å²) in [6.07, 6.45) is 1.06. The van der Waals surface area contributed by atoms with Crippen LogP contribution in [0.15, 0.2) is 35.4 Å². The third-order valence-corrected chi connectivity index (χ3v) is 5.42. The number of pyridine rings is 1. The number of benzene rings is 1. The maximum absolute atomic E-state index is 14.1. The number of nitrogens with zero attached hydrogens (tertiary/aromatic N) is 2. The quantitative estimate of drug-likeness (QED) is 0.886. The maximum atomic E-state index is 14.1. The molecular weight excluding hydrogens is 363 g/mol. The van der Waals surface area contributed by atoms with Gasteiger partial charge in [-0.15, -0.1) is 0 Å². The molecule has 1 aromatic heterocycles. The van der Waals surface area contributed by atoms with E-state index < -0.39 is 26.7 Å². The Morgan fingerprint density at radius 2 is 2.12 bits per heavy atom. The van der Waals surface area contributed by atoms with Crippen molar-refractivity contribution in [3.05, 3.63) is 46.9 Å². The van der Waals surface area contributed by atoms with Gasteiger partial charge in [0.15, 0.2) is 0 Å². The molecule has 1 aliphatic rings. The van der Waals surface area contributed by atoms with Crippen LogP contribution in [0.25, 0.3) is 0 Å². The summed E-state index contributed by atoms with van der Waals surface area (Å²) in [6, 6.07) is 4.32. The number of rotatable bonds is 3. The number of hydrogen-bond acceptors (Lipinski definition) is 5. The Morgan fingerprint density at radius 3 is 2.79 bits per heavy atom. The van der Waals surface area contributed by atoms with E-state index in [1.165, 1.54) is 6.07 Å². The Labute approximate surface area is 141 Å². The number of ether oxygens (including phenoxy) is 1. The third-order valence-electron chi connectivity index (χ3n) is 3.34. The van der Waals surface area contributed by atoms with Gasteiger partial charge in [0.1, 0.15) is 23.0 Å². The molecule has 0 unspecified atom stereocenters. The normalized spacial score (nSPS) is 14.0. The van der Waals surface area contributed by atoms with E-state index in [2.05, 4.69) is 4.98 Å². The summed E-state index contributed by atoms with van der Waals surface area (Å²) in [6.45, 7) is -0.108. The summed E-state index contributed by atoms with van der Waals surface area (Å²) in [5, 5.41) is 9.10. The van der Waals surface area contributed by atoms with Crippen molar-refractivity contribution >= 4 is 33.3 Å². The van der Waals surface area contributed by atoms with Gasteiger partial charge in [0.2, 0.25) is 5.88 Å². The summed E-state index contributed by atoms with van der Waals surface area (Å²) < 4.78 is 45.7. The lowest BCUT2D eigenvalue weighted by Gasteiger charge is -2.29. The van der Waals surface area contributed by atoms with Crippen molar-refractivity contribution in [1.82, 2.24) is 4.98 Å². The van der Waals surface area contributed by atoms with Crippen molar-refractivity contribution in [3.8, 4) is 5.88 Å². The molecule has 0 atom stereocenters. The predicted octanol–water partition coefficient (Wildman–Crippen LogP) is 2.16. The molecule has 24 heavy (non-hydrogen) atoms. The van der Waals surface area contributed by atoms with Gasteiger partial charge in [-0.2, -0.15) is 0 Å². The molecule has 0 bridgehead atoms. The van der Waals surface area contributed by atoms with Gasteiger partial charge in [-0.3, -0.25) is 4.31 Å². The zero-order valence-electron chi connectivity index (χ0n) is 11.9. The van der Waals surface area contributed by atoms with Gasteiger partial charge in [0.05, 0.1) is 12.1 Å². The highest BCUT2D eigenvalue weighted by Crippen LogP contribution is 2.35. The Morgan fingerprint density at radius 1 is 1.38 bits per heavy atom. The Hall–Kier alpha value is -2.39. The van der Waals surface area contributed by atoms with Gasteiger partial charge in [-0.05, 0) is 24.3 Å². The zero-order chi connectivity index (χ0) is 17.5. The molecule has 1 N–H and O–H groups in total.